The fourth-order valence-electron chi connectivity index (χ4n) is 2.31. The van der Waals surface area contributed by atoms with Crippen LogP contribution in [0.2, 0.25) is 0 Å². The summed E-state index contributed by atoms with van der Waals surface area (Å²) < 4.78 is 6.84. The first kappa shape index (κ1) is 17.9. The van der Waals surface area contributed by atoms with E-state index in [1.54, 1.807) is 30.5 Å². The minimum atomic E-state index is -0.940. The van der Waals surface area contributed by atoms with E-state index >= 15 is 0 Å². The highest BCUT2D eigenvalue weighted by Gasteiger charge is 2.05. The number of halogens is 1. The van der Waals surface area contributed by atoms with Gasteiger partial charge >= 0.3 is 5.97 Å². The lowest BCUT2D eigenvalue weighted by atomic mass is 10.1. The van der Waals surface area contributed by atoms with Gasteiger partial charge in [0.05, 0.1) is 11.3 Å². The molecule has 3 rings (SSSR count). The quantitative estimate of drug-likeness (QED) is 0.548. The summed E-state index contributed by atoms with van der Waals surface area (Å²) >= 11 is 3.47. The van der Waals surface area contributed by atoms with Crippen LogP contribution in [0.15, 0.2) is 82.3 Å². The molecule has 1 N–H and O–H groups in total. The number of aliphatic imine (C=N–C) groups is 1. The fourth-order valence-corrected chi connectivity index (χ4v) is 2.69. The van der Waals surface area contributed by atoms with E-state index in [0.717, 1.165) is 21.3 Å². The molecule has 0 saturated carbocycles. The van der Waals surface area contributed by atoms with Crippen LogP contribution in [0, 0.1) is 0 Å². The molecule has 0 unspecified atom stereocenters. The van der Waals surface area contributed by atoms with Gasteiger partial charge in [-0.15, -0.1) is 0 Å². The summed E-state index contributed by atoms with van der Waals surface area (Å²) in [7, 11) is 0. The zero-order chi connectivity index (χ0) is 18.4. The number of carboxylic acids is 1. The molecule has 0 amide bonds. The number of hydrogen-bond acceptors (Lipinski definition) is 3. The lowest BCUT2D eigenvalue weighted by Crippen LogP contribution is -2.00. The number of benzene rings is 3. The lowest BCUT2D eigenvalue weighted by molar-refractivity contribution is 0.0697. The first-order valence-electron chi connectivity index (χ1n) is 7.95. The van der Waals surface area contributed by atoms with Gasteiger partial charge in [0.1, 0.15) is 12.4 Å². The number of carboxylic acid groups (broad SMARTS) is 1. The van der Waals surface area contributed by atoms with Gasteiger partial charge in [0.2, 0.25) is 0 Å². The summed E-state index contributed by atoms with van der Waals surface area (Å²) in [5.41, 5.74) is 2.87. The Bertz CT molecular complexity index is 922. The van der Waals surface area contributed by atoms with Gasteiger partial charge in [-0.05, 0) is 48.0 Å². The van der Waals surface area contributed by atoms with Gasteiger partial charge in [-0.3, -0.25) is 4.99 Å². The third kappa shape index (κ3) is 4.80. The molecule has 0 bridgehead atoms. The zero-order valence-corrected chi connectivity index (χ0v) is 15.4. The molecule has 0 heterocycles. The molecule has 4 nitrogen and oxygen atoms in total. The van der Waals surface area contributed by atoms with E-state index in [-0.39, 0.29) is 5.56 Å². The molecule has 0 radical (unpaired) electrons. The molecule has 0 aliphatic heterocycles. The third-order valence-electron chi connectivity index (χ3n) is 3.68. The van der Waals surface area contributed by atoms with Gasteiger partial charge in [0, 0.05) is 16.3 Å². The zero-order valence-electron chi connectivity index (χ0n) is 13.8. The Morgan fingerprint density at radius 3 is 2.46 bits per heavy atom. The molecular formula is C21H16BrNO3. The van der Waals surface area contributed by atoms with E-state index in [2.05, 4.69) is 20.9 Å². The van der Waals surface area contributed by atoms with Crippen LogP contribution in [0.1, 0.15) is 21.5 Å². The maximum Gasteiger partial charge on any atom is 0.335 e. The maximum absolute atomic E-state index is 10.9. The number of aromatic carboxylic acids is 1. The van der Waals surface area contributed by atoms with Crippen LogP contribution < -0.4 is 4.74 Å². The largest absolute Gasteiger partial charge is 0.488 e. The third-order valence-corrected chi connectivity index (χ3v) is 4.17. The van der Waals surface area contributed by atoms with Gasteiger partial charge in [-0.1, -0.05) is 46.3 Å². The molecule has 0 atom stereocenters. The average molecular weight is 410 g/mol. The van der Waals surface area contributed by atoms with Crippen molar-refractivity contribution in [2.75, 3.05) is 0 Å². The summed E-state index contributed by atoms with van der Waals surface area (Å²) in [4.78, 5) is 15.4. The Morgan fingerprint density at radius 1 is 1.04 bits per heavy atom. The minimum absolute atomic E-state index is 0.257. The van der Waals surface area contributed by atoms with E-state index in [9.17, 15) is 4.79 Å². The standard InChI is InChI=1S/C21H16BrNO3/c22-18-10-11-20(17(12-18)13-23-19-4-2-1-3-5-19)26-14-15-6-8-16(9-7-15)21(24)25/h1-13H,14H2,(H,24,25). The van der Waals surface area contributed by atoms with Crippen LogP contribution in [-0.4, -0.2) is 17.3 Å². The average Bonchev–Trinajstić information content (AvgIpc) is 2.66. The highest BCUT2D eigenvalue weighted by Crippen LogP contribution is 2.24. The van der Waals surface area contributed by atoms with Crippen molar-refractivity contribution >= 4 is 33.8 Å². The Morgan fingerprint density at radius 2 is 1.77 bits per heavy atom. The summed E-state index contributed by atoms with van der Waals surface area (Å²) in [6, 6.07) is 22.0. The first-order valence-corrected chi connectivity index (χ1v) is 8.75. The number of carbonyl (C=O) groups is 1. The highest BCUT2D eigenvalue weighted by molar-refractivity contribution is 9.10. The van der Waals surface area contributed by atoms with Crippen molar-refractivity contribution in [3.05, 3.63) is 94.0 Å². The topological polar surface area (TPSA) is 58.9 Å². The van der Waals surface area contributed by atoms with Crippen molar-refractivity contribution in [3.63, 3.8) is 0 Å². The molecule has 0 fully saturated rings. The van der Waals surface area contributed by atoms with Crippen LogP contribution in [0.3, 0.4) is 0 Å². The van der Waals surface area contributed by atoms with E-state index in [0.29, 0.717) is 12.4 Å². The Balaban J connectivity index is 1.75. The van der Waals surface area contributed by atoms with Crippen LogP contribution in [0.4, 0.5) is 5.69 Å². The Kier molecular flexibility index (Phi) is 5.81. The van der Waals surface area contributed by atoms with Crippen LogP contribution in [0.25, 0.3) is 0 Å². The molecule has 0 aromatic heterocycles. The van der Waals surface area contributed by atoms with Crippen molar-refractivity contribution in [1.29, 1.82) is 0 Å². The van der Waals surface area contributed by atoms with Crippen molar-refractivity contribution in [1.82, 2.24) is 0 Å². The Labute approximate surface area is 159 Å². The molecule has 0 aliphatic carbocycles. The molecule has 0 spiro atoms. The summed E-state index contributed by atoms with van der Waals surface area (Å²) in [6.45, 7) is 0.341. The number of nitrogens with zero attached hydrogens (tertiary/aromatic N) is 1. The molecule has 0 aliphatic rings. The van der Waals surface area contributed by atoms with Crippen molar-refractivity contribution < 1.29 is 14.6 Å². The first-order chi connectivity index (χ1) is 12.6. The molecule has 5 heteroatoms. The van der Waals surface area contributed by atoms with Gasteiger partial charge in [0.25, 0.3) is 0 Å². The van der Waals surface area contributed by atoms with Gasteiger partial charge < -0.3 is 9.84 Å². The highest BCUT2D eigenvalue weighted by atomic mass is 79.9. The van der Waals surface area contributed by atoms with Crippen LogP contribution >= 0.6 is 15.9 Å². The van der Waals surface area contributed by atoms with Crippen molar-refractivity contribution in [2.45, 2.75) is 6.61 Å². The summed E-state index contributed by atoms with van der Waals surface area (Å²) in [5.74, 6) is -0.236. The van der Waals surface area contributed by atoms with Crippen LogP contribution in [-0.2, 0) is 6.61 Å². The maximum atomic E-state index is 10.9. The van der Waals surface area contributed by atoms with Gasteiger partial charge in [-0.2, -0.15) is 0 Å². The monoisotopic (exact) mass is 409 g/mol. The van der Waals surface area contributed by atoms with Gasteiger partial charge in [0.15, 0.2) is 0 Å². The second-order valence-corrected chi connectivity index (χ2v) is 6.48. The van der Waals surface area contributed by atoms with Crippen molar-refractivity contribution in [3.8, 4) is 5.75 Å². The Hall–Kier alpha value is -2.92. The number of hydrogen-bond donors (Lipinski definition) is 1. The number of ether oxygens (including phenoxy) is 1. The summed E-state index contributed by atoms with van der Waals surface area (Å²) in [5, 5.41) is 8.95. The lowest BCUT2D eigenvalue weighted by Gasteiger charge is -2.10. The molecule has 3 aromatic carbocycles. The molecule has 3 aromatic rings. The predicted molar refractivity (Wildman–Crippen MR) is 106 cm³/mol. The molecule has 26 heavy (non-hydrogen) atoms. The van der Waals surface area contributed by atoms with E-state index in [1.165, 1.54) is 0 Å². The summed E-state index contributed by atoms with van der Waals surface area (Å²) in [6.07, 6.45) is 1.77. The van der Waals surface area contributed by atoms with E-state index < -0.39 is 5.97 Å². The normalized spacial score (nSPS) is 10.8. The van der Waals surface area contributed by atoms with E-state index in [4.69, 9.17) is 9.84 Å². The molecule has 130 valence electrons. The fraction of sp³-hybridized carbons (Fsp3) is 0.0476. The van der Waals surface area contributed by atoms with E-state index in [1.807, 2.05) is 48.5 Å². The second kappa shape index (κ2) is 8.45. The van der Waals surface area contributed by atoms with Gasteiger partial charge in [-0.25, -0.2) is 4.79 Å². The molecule has 0 saturated heterocycles. The van der Waals surface area contributed by atoms with Crippen molar-refractivity contribution in [2.24, 2.45) is 4.99 Å². The smallest absolute Gasteiger partial charge is 0.335 e. The SMILES string of the molecule is O=C(O)c1ccc(COc2ccc(Br)cc2C=Nc2ccccc2)cc1. The minimum Gasteiger partial charge on any atom is -0.488 e. The number of rotatable bonds is 6. The predicted octanol–water partition coefficient (Wildman–Crippen LogP) is 5.48. The van der Waals surface area contributed by atoms with Crippen LogP contribution in [0.5, 0.6) is 5.75 Å². The second-order valence-electron chi connectivity index (χ2n) is 5.57. The molecular weight excluding hydrogens is 394 g/mol. The number of para-hydroxylation sites is 1.